The minimum absolute atomic E-state index is 0.0745. The molecule has 1 amide bonds. The maximum absolute atomic E-state index is 11.9. The molecular formula is C14H16ClN3O. The summed E-state index contributed by atoms with van der Waals surface area (Å²) in [6, 6.07) is 7.18. The molecule has 0 radical (unpaired) electrons. The predicted octanol–water partition coefficient (Wildman–Crippen LogP) is 2.92. The number of halogens is 1. The Labute approximate surface area is 117 Å². The first-order chi connectivity index (χ1) is 9.16. The second kappa shape index (κ2) is 6.38. The number of amides is 1. The number of carbonyl (C=O) groups excluding carboxylic acids is 1. The van der Waals surface area contributed by atoms with Crippen molar-refractivity contribution in [3.63, 3.8) is 0 Å². The molecule has 0 fully saturated rings. The number of hydrogen-bond acceptors (Lipinski definition) is 2. The van der Waals surface area contributed by atoms with Gasteiger partial charge in [0.2, 0.25) is 0 Å². The van der Waals surface area contributed by atoms with Gasteiger partial charge in [-0.2, -0.15) is 0 Å². The highest BCUT2D eigenvalue weighted by Gasteiger charge is 2.07. The van der Waals surface area contributed by atoms with Crippen LogP contribution in [-0.2, 0) is 0 Å². The van der Waals surface area contributed by atoms with E-state index in [4.69, 9.17) is 11.6 Å². The molecule has 1 heterocycles. The van der Waals surface area contributed by atoms with E-state index < -0.39 is 0 Å². The van der Waals surface area contributed by atoms with Gasteiger partial charge in [-0.05, 0) is 37.6 Å². The fourth-order valence-electron chi connectivity index (χ4n) is 1.78. The van der Waals surface area contributed by atoms with Crippen LogP contribution in [0, 0.1) is 0 Å². The Bertz CT molecular complexity index is 522. The summed E-state index contributed by atoms with van der Waals surface area (Å²) in [5.41, 5.74) is 0.625. The molecule has 0 spiro atoms. The van der Waals surface area contributed by atoms with Gasteiger partial charge in [0.05, 0.1) is 6.33 Å². The first-order valence-electron chi connectivity index (χ1n) is 6.18. The molecule has 2 aromatic rings. The molecule has 1 aromatic carbocycles. The van der Waals surface area contributed by atoms with Crippen LogP contribution in [0.25, 0.3) is 0 Å². The van der Waals surface area contributed by atoms with Crippen LogP contribution in [0.3, 0.4) is 0 Å². The minimum Gasteiger partial charge on any atom is -0.352 e. The molecule has 19 heavy (non-hydrogen) atoms. The lowest BCUT2D eigenvalue weighted by atomic mass is 10.2. The lowest BCUT2D eigenvalue weighted by molar-refractivity contribution is 0.0952. The Balaban J connectivity index is 1.79. The molecule has 0 saturated heterocycles. The standard InChI is InChI=1S/C14H16ClN3O/c1-11(18-9-8-16-10-18)6-7-17-14(19)12-2-4-13(15)5-3-12/h2-5,8-11H,6-7H2,1H3,(H,17,19). The van der Waals surface area contributed by atoms with Crippen molar-refractivity contribution in [2.45, 2.75) is 19.4 Å². The first-order valence-corrected chi connectivity index (χ1v) is 6.56. The summed E-state index contributed by atoms with van der Waals surface area (Å²) in [7, 11) is 0. The van der Waals surface area contributed by atoms with E-state index in [9.17, 15) is 4.79 Å². The van der Waals surface area contributed by atoms with E-state index in [2.05, 4.69) is 17.2 Å². The van der Waals surface area contributed by atoms with E-state index in [1.54, 1.807) is 36.8 Å². The Morgan fingerprint density at radius 3 is 2.79 bits per heavy atom. The van der Waals surface area contributed by atoms with Crippen molar-refractivity contribution in [1.82, 2.24) is 14.9 Å². The Morgan fingerprint density at radius 2 is 2.16 bits per heavy atom. The fraction of sp³-hybridized carbons (Fsp3) is 0.286. The molecule has 0 aliphatic heterocycles. The number of nitrogens with zero attached hydrogens (tertiary/aromatic N) is 2. The fourth-order valence-corrected chi connectivity index (χ4v) is 1.90. The van der Waals surface area contributed by atoms with Crippen LogP contribution in [-0.4, -0.2) is 22.0 Å². The number of rotatable bonds is 5. The van der Waals surface area contributed by atoms with Crippen LogP contribution in [0.1, 0.15) is 29.7 Å². The summed E-state index contributed by atoms with van der Waals surface area (Å²) >= 11 is 5.78. The molecule has 2 rings (SSSR count). The van der Waals surface area contributed by atoms with Gasteiger partial charge in [-0.3, -0.25) is 4.79 Å². The van der Waals surface area contributed by atoms with Crippen molar-refractivity contribution in [3.8, 4) is 0 Å². The maximum atomic E-state index is 11.9. The molecular weight excluding hydrogens is 262 g/mol. The molecule has 1 aromatic heterocycles. The third kappa shape index (κ3) is 3.83. The quantitative estimate of drug-likeness (QED) is 0.913. The van der Waals surface area contributed by atoms with Crippen molar-refractivity contribution >= 4 is 17.5 Å². The van der Waals surface area contributed by atoms with Gasteiger partial charge < -0.3 is 9.88 Å². The average Bonchev–Trinajstić information content (AvgIpc) is 2.93. The highest BCUT2D eigenvalue weighted by molar-refractivity contribution is 6.30. The molecule has 1 atom stereocenters. The molecule has 1 N–H and O–H groups in total. The summed E-state index contributed by atoms with van der Waals surface area (Å²) in [6.45, 7) is 2.72. The van der Waals surface area contributed by atoms with Gasteiger partial charge in [0.1, 0.15) is 0 Å². The molecule has 0 aliphatic rings. The number of nitrogens with one attached hydrogen (secondary N) is 1. The van der Waals surface area contributed by atoms with Crippen molar-refractivity contribution in [1.29, 1.82) is 0 Å². The van der Waals surface area contributed by atoms with Crippen LogP contribution in [0.15, 0.2) is 43.0 Å². The number of carbonyl (C=O) groups is 1. The molecule has 0 bridgehead atoms. The Kier molecular flexibility index (Phi) is 4.58. The first kappa shape index (κ1) is 13.6. The van der Waals surface area contributed by atoms with Crippen molar-refractivity contribution < 1.29 is 4.79 Å². The summed E-state index contributed by atoms with van der Waals surface area (Å²) in [5, 5.41) is 3.53. The average molecular weight is 278 g/mol. The smallest absolute Gasteiger partial charge is 0.251 e. The van der Waals surface area contributed by atoms with Gasteiger partial charge >= 0.3 is 0 Å². The van der Waals surface area contributed by atoms with Crippen LogP contribution in [0.2, 0.25) is 5.02 Å². The largest absolute Gasteiger partial charge is 0.352 e. The summed E-state index contributed by atoms with van der Waals surface area (Å²) in [4.78, 5) is 15.9. The van der Waals surface area contributed by atoms with Crippen molar-refractivity contribution in [2.24, 2.45) is 0 Å². The van der Waals surface area contributed by atoms with Gasteiger partial charge in [0.15, 0.2) is 0 Å². The number of benzene rings is 1. The molecule has 5 heteroatoms. The minimum atomic E-state index is -0.0745. The molecule has 4 nitrogen and oxygen atoms in total. The topological polar surface area (TPSA) is 46.9 Å². The monoisotopic (exact) mass is 277 g/mol. The van der Waals surface area contributed by atoms with Gasteiger partial charge in [-0.1, -0.05) is 11.6 Å². The Morgan fingerprint density at radius 1 is 1.42 bits per heavy atom. The maximum Gasteiger partial charge on any atom is 0.251 e. The zero-order valence-corrected chi connectivity index (χ0v) is 11.5. The molecule has 0 saturated carbocycles. The van der Waals surface area contributed by atoms with Gasteiger partial charge in [0, 0.05) is 35.6 Å². The summed E-state index contributed by atoms with van der Waals surface area (Å²) in [5.74, 6) is -0.0745. The highest BCUT2D eigenvalue weighted by Crippen LogP contribution is 2.10. The highest BCUT2D eigenvalue weighted by atomic mass is 35.5. The number of hydrogen-bond donors (Lipinski definition) is 1. The lowest BCUT2D eigenvalue weighted by Gasteiger charge is -2.13. The second-order valence-corrected chi connectivity index (χ2v) is 4.85. The number of imidazole rings is 1. The van der Waals surface area contributed by atoms with Crippen molar-refractivity contribution in [3.05, 3.63) is 53.6 Å². The van der Waals surface area contributed by atoms with Gasteiger partial charge in [-0.25, -0.2) is 4.98 Å². The third-order valence-electron chi connectivity index (χ3n) is 2.99. The molecule has 0 aliphatic carbocycles. The van der Waals surface area contributed by atoms with E-state index in [0.29, 0.717) is 23.2 Å². The zero-order valence-electron chi connectivity index (χ0n) is 10.7. The lowest BCUT2D eigenvalue weighted by Crippen LogP contribution is -2.25. The van der Waals surface area contributed by atoms with Crippen LogP contribution < -0.4 is 5.32 Å². The molecule has 100 valence electrons. The van der Waals surface area contributed by atoms with Crippen LogP contribution in [0.4, 0.5) is 0 Å². The summed E-state index contributed by atoms with van der Waals surface area (Å²) < 4.78 is 2.02. The predicted molar refractivity (Wildman–Crippen MR) is 75.3 cm³/mol. The van der Waals surface area contributed by atoms with Gasteiger partial charge in [-0.15, -0.1) is 0 Å². The zero-order chi connectivity index (χ0) is 13.7. The number of aromatic nitrogens is 2. The SMILES string of the molecule is CC(CCNC(=O)c1ccc(Cl)cc1)n1ccnc1. The molecule has 1 unspecified atom stereocenters. The Hall–Kier alpha value is -1.81. The normalized spacial score (nSPS) is 12.1. The van der Waals surface area contributed by atoms with E-state index in [1.807, 2.05) is 10.8 Å². The summed E-state index contributed by atoms with van der Waals surface area (Å²) in [6.07, 6.45) is 6.32. The second-order valence-electron chi connectivity index (χ2n) is 4.41. The van der Waals surface area contributed by atoms with Crippen molar-refractivity contribution in [2.75, 3.05) is 6.54 Å². The van der Waals surface area contributed by atoms with E-state index in [-0.39, 0.29) is 5.91 Å². The van der Waals surface area contributed by atoms with E-state index >= 15 is 0 Å². The van der Waals surface area contributed by atoms with E-state index in [0.717, 1.165) is 6.42 Å². The van der Waals surface area contributed by atoms with Gasteiger partial charge in [0.25, 0.3) is 5.91 Å². The van der Waals surface area contributed by atoms with E-state index in [1.165, 1.54) is 0 Å². The van der Waals surface area contributed by atoms with Crippen LogP contribution in [0.5, 0.6) is 0 Å². The van der Waals surface area contributed by atoms with Crippen LogP contribution >= 0.6 is 11.6 Å². The third-order valence-corrected chi connectivity index (χ3v) is 3.24.